The molecule has 13 heteroatoms. The Balaban J connectivity index is 2.08. The number of aromatic amines is 1. The number of nitrogens with two attached hydrogens (primary N) is 1. The summed E-state index contributed by atoms with van der Waals surface area (Å²) in [6, 6.07) is 7.40. The number of amides is 2. The van der Waals surface area contributed by atoms with E-state index in [0.717, 1.165) is 4.68 Å². The molecule has 5 N–H and O–H groups in total. The SMILES string of the molecule is NNC(=O)c1cc(Cl)ccc1NC(=O)c1cc(C(F)(F)F)[nH][n+]1-c1ncccc1Cl. The third-order valence-corrected chi connectivity index (χ3v) is 4.38. The average molecular weight is 460 g/mol. The predicted octanol–water partition coefficient (Wildman–Crippen LogP) is 2.87. The molecule has 1 aromatic carbocycles. The maximum Gasteiger partial charge on any atom is 0.434 e. The van der Waals surface area contributed by atoms with Crippen molar-refractivity contribution in [2.45, 2.75) is 6.18 Å². The highest BCUT2D eigenvalue weighted by molar-refractivity contribution is 6.32. The molecule has 0 fully saturated rings. The van der Waals surface area contributed by atoms with Crippen molar-refractivity contribution in [2.24, 2.45) is 5.84 Å². The van der Waals surface area contributed by atoms with Crippen LogP contribution in [-0.4, -0.2) is 21.9 Å². The molecule has 3 aromatic rings. The lowest BCUT2D eigenvalue weighted by Gasteiger charge is -2.10. The minimum atomic E-state index is -4.77. The number of nitrogens with zero attached hydrogens (tertiary/aromatic N) is 2. The van der Waals surface area contributed by atoms with Gasteiger partial charge in [0.05, 0.1) is 11.3 Å². The van der Waals surface area contributed by atoms with Crippen LogP contribution in [0.15, 0.2) is 42.6 Å². The molecule has 0 saturated carbocycles. The molecular formula is C17H12Cl2F3N6O2+. The van der Waals surface area contributed by atoms with Gasteiger partial charge in [-0.25, -0.2) is 10.9 Å². The largest absolute Gasteiger partial charge is 0.434 e. The second-order valence-corrected chi connectivity index (χ2v) is 6.66. The van der Waals surface area contributed by atoms with Crippen LogP contribution in [-0.2, 0) is 6.18 Å². The number of aromatic nitrogens is 3. The number of halogens is 5. The zero-order valence-corrected chi connectivity index (χ0v) is 16.2. The van der Waals surface area contributed by atoms with Gasteiger partial charge in [0.1, 0.15) is 11.2 Å². The number of nitrogen functional groups attached to an aromatic ring is 1. The predicted molar refractivity (Wildman–Crippen MR) is 101 cm³/mol. The Kier molecular flexibility index (Phi) is 5.97. The fourth-order valence-corrected chi connectivity index (χ4v) is 2.89. The molecule has 0 saturated heterocycles. The molecule has 156 valence electrons. The summed E-state index contributed by atoms with van der Waals surface area (Å²) >= 11 is 11.9. The molecule has 0 bridgehead atoms. The van der Waals surface area contributed by atoms with Crippen molar-refractivity contribution < 1.29 is 27.4 Å². The quantitative estimate of drug-likeness (QED) is 0.207. The molecule has 0 aliphatic carbocycles. The molecular weight excluding hydrogens is 448 g/mol. The molecule has 2 amide bonds. The number of nitrogens with one attached hydrogen (secondary N) is 3. The van der Waals surface area contributed by atoms with E-state index in [0.29, 0.717) is 6.07 Å². The number of hydrogen-bond donors (Lipinski definition) is 4. The summed E-state index contributed by atoms with van der Waals surface area (Å²) in [7, 11) is 0. The molecule has 30 heavy (non-hydrogen) atoms. The van der Waals surface area contributed by atoms with Gasteiger partial charge in [-0.05, 0) is 35.3 Å². The average Bonchev–Trinajstić information content (AvgIpc) is 3.15. The van der Waals surface area contributed by atoms with Crippen molar-refractivity contribution in [3.63, 3.8) is 0 Å². The van der Waals surface area contributed by atoms with Gasteiger partial charge in [0.2, 0.25) is 5.69 Å². The fourth-order valence-electron chi connectivity index (χ4n) is 2.51. The first kappa shape index (κ1) is 21.6. The molecule has 0 atom stereocenters. The molecule has 2 heterocycles. The molecule has 8 nitrogen and oxygen atoms in total. The number of pyridine rings is 1. The summed E-state index contributed by atoms with van der Waals surface area (Å²) in [5.41, 5.74) is 0.112. The standard InChI is InChI=1S/C17H11Cl2F3N6O2/c18-8-3-4-11(9(6-8)15(29)26-23)25-16(30)12-7-13(17(20,21)22)27-28(12)14-10(19)2-1-5-24-14/h1-7H,(H4,23,25,26,27,29,30)/p+1. The van der Waals surface area contributed by atoms with E-state index in [9.17, 15) is 22.8 Å². The summed E-state index contributed by atoms with van der Waals surface area (Å²) in [6.45, 7) is 0. The molecule has 0 aliphatic rings. The van der Waals surface area contributed by atoms with E-state index in [2.05, 4.69) is 15.4 Å². The second-order valence-electron chi connectivity index (χ2n) is 5.81. The number of carbonyl (C=O) groups is 2. The zero-order chi connectivity index (χ0) is 22.1. The van der Waals surface area contributed by atoms with Crippen LogP contribution in [0, 0.1) is 0 Å². The van der Waals surface area contributed by atoms with Crippen LogP contribution in [0.5, 0.6) is 0 Å². The van der Waals surface area contributed by atoms with Gasteiger partial charge >= 0.3 is 12.0 Å². The van der Waals surface area contributed by atoms with Gasteiger partial charge in [-0.1, -0.05) is 23.2 Å². The van der Waals surface area contributed by atoms with E-state index in [1.54, 1.807) is 0 Å². The van der Waals surface area contributed by atoms with E-state index in [4.69, 9.17) is 29.0 Å². The summed E-state index contributed by atoms with van der Waals surface area (Å²) in [4.78, 5) is 28.7. The topological polar surface area (TPSA) is 117 Å². The normalized spacial score (nSPS) is 11.3. The highest BCUT2D eigenvalue weighted by Gasteiger charge is 2.38. The lowest BCUT2D eigenvalue weighted by molar-refractivity contribution is -0.661. The summed E-state index contributed by atoms with van der Waals surface area (Å²) in [5, 5.41) is 4.62. The molecule has 0 aliphatic heterocycles. The number of rotatable bonds is 4. The third kappa shape index (κ3) is 4.37. The number of hydrazine groups is 1. The molecule has 0 spiro atoms. The number of H-pyrrole nitrogens is 1. The van der Waals surface area contributed by atoms with Gasteiger partial charge in [-0.2, -0.15) is 13.2 Å². The highest BCUT2D eigenvalue weighted by Crippen LogP contribution is 2.28. The third-order valence-electron chi connectivity index (χ3n) is 3.85. The van der Waals surface area contributed by atoms with Gasteiger partial charge in [0, 0.05) is 11.1 Å². The van der Waals surface area contributed by atoms with E-state index >= 15 is 0 Å². The van der Waals surface area contributed by atoms with E-state index in [1.165, 1.54) is 36.5 Å². The minimum Gasteiger partial charge on any atom is -0.318 e. The van der Waals surface area contributed by atoms with Crippen LogP contribution >= 0.6 is 23.2 Å². The Morgan fingerprint density at radius 1 is 1.13 bits per heavy atom. The van der Waals surface area contributed by atoms with E-state index in [-0.39, 0.29) is 27.1 Å². The van der Waals surface area contributed by atoms with Crippen molar-refractivity contribution in [2.75, 3.05) is 5.32 Å². The van der Waals surface area contributed by atoms with Gasteiger partial charge in [-0.15, -0.1) is 4.68 Å². The number of hydrogen-bond acceptors (Lipinski definition) is 4. The van der Waals surface area contributed by atoms with E-state index < -0.39 is 29.4 Å². The smallest absolute Gasteiger partial charge is 0.318 e. The Bertz CT molecular complexity index is 1130. The van der Waals surface area contributed by atoms with Crippen LogP contribution in [0.3, 0.4) is 0 Å². The van der Waals surface area contributed by atoms with Crippen molar-refractivity contribution >= 4 is 40.7 Å². The Labute approximate surface area is 176 Å². The lowest BCUT2D eigenvalue weighted by Crippen LogP contribution is -2.42. The summed E-state index contributed by atoms with van der Waals surface area (Å²) < 4.78 is 40.5. The van der Waals surface area contributed by atoms with Crippen molar-refractivity contribution in [3.8, 4) is 5.82 Å². The first-order chi connectivity index (χ1) is 14.1. The van der Waals surface area contributed by atoms with Crippen LogP contribution in [0.25, 0.3) is 5.82 Å². The fraction of sp³-hybridized carbons (Fsp3) is 0.0588. The van der Waals surface area contributed by atoms with Crippen LogP contribution in [0.2, 0.25) is 10.0 Å². The van der Waals surface area contributed by atoms with Crippen molar-refractivity contribution in [1.82, 2.24) is 15.5 Å². The number of carbonyl (C=O) groups excluding carboxylic acids is 2. The number of anilines is 1. The molecule has 0 unspecified atom stereocenters. The monoisotopic (exact) mass is 459 g/mol. The van der Waals surface area contributed by atoms with Crippen molar-refractivity contribution in [3.05, 3.63) is 69.6 Å². The Hall–Kier alpha value is -3.15. The minimum absolute atomic E-state index is 0.00168. The van der Waals surface area contributed by atoms with Crippen LogP contribution in [0.1, 0.15) is 26.5 Å². The maximum absolute atomic E-state index is 13.2. The molecule has 2 aromatic heterocycles. The number of alkyl halides is 3. The number of benzene rings is 1. The first-order valence-corrected chi connectivity index (χ1v) is 8.82. The maximum atomic E-state index is 13.2. The first-order valence-electron chi connectivity index (χ1n) is 8.07. The highest BCUT2D eigenvalue weighted by atomic mass is 35.5. The second kappa shape index (κ2) is 8.30. The Morgan fingerprint density at radius 2 is 1.87 bits per heavy atom. The van der Waals surface area contributed by atoms with Crippen LogP contribution in [0.4, 0.5) is 18.9 Å². The van der Waals surface area contributed by atoms with E-state index in [1.807, 2.05) is 5.43 Å². The van der Waals surface area contributed by atoms with Gasteiger partial charge in [0.25, 0.3) is 11.8 Å². The summed E-state index contributed by atoms with van der Waals surface area (Å²) in [6.07, 6.45) is -3.47. The molecule has 3 rings (SSSR count). The Morgan fingerprint density at radius 3 is 2.50 bits per heavy atom. The van der Waals surface area contributed by atoms with Gasteiger partial charge in [0.15, 0.2) is 5.69 Å². The summed E-state index contributed by atoms with van der Waals surface area (Å²) in [5.74, 6) is 3.25. The van der Waals surface area contributed by atoms with Gasteiger partial charge in [-0.3, -0.25) is 15.0 Å². The lowest BCUT2D eigenvalue weighted by atomic mass is 10.1. The molecule has 0 radical (unpaired) electrons. The van der Waals surface area contributed by atoms with Gasteiger partial charge < -0.3 is 5.32 Å². The van der Waals surface area contributed by atoms with Crippen molar-refractivity contribution in [1.29, 1.82) is 0 Å². The van der Waals surface area contributed by atoms with Crippen LogP contribution < -0.4 is 21.3 Å². The zero-order valence-electron chi connectivity index (χ0n) is 14.7.